The molecule has 0 unspecified atom stereocenters. The van der Waals surface area contributed by atoms with Crippen LogP contribution in [-0.4, -0.2) is 18.6 Å². The van der Waals surface area contributed by atoms with Crippen LogP contribution in [0.3, 0.4) is 0 Å². The van der Waals surface area contributed by atoms with Crippen LogP contribution in [0.5, 0.6) is 0 Å². The van der Waals surface area contributed by atoms with Crippen molar-refractivity contribution in [2.24, 2.45) is 10.8 Å². The van der Waals surface area contributed by atoms with Gasteiger partial charge in [0.1, 0.15) is 0 Å². The molecule has 0 spiro atoms. The van der Waals surface area contributed by atoms with E-state index in [1.54, 1.807) is 0 Å². The number of carbonyl (C=O) groups is 1. The van der Waals surface area contributed by atoms with Crippen molar-refractivity contribution in [3.05, 3.63) is 0 Å². The summed E-state index contributed by atoms with van der Waals surface area (Å²) in [7, 11) is 0. The lowest BCUT2D eigenvalue weighted by molar-refractivity contribution is 0.0883. The highest BCUT2D eigenvalue weighted by Gasteiger charge is 2.38. The molecule has 0 heterocycles. The van der Waals surface area contributed by atoms with E-state index in [0.717, 1.165) is 32.2 Å². The Morgan fingerprint density at radius 1 is 1.17 bits per heavy atom. The summed E-state index contributed by atoms with van der Waals surface area (Å²) in [6.07, 6.45) is 5.56. The first-order chi connectivity index (χ1) is 8.24. The van der Waals surface area contributed by atoms with E-state index in [0.29, 0.717) is 16.9 Å². The van der Waals surface area contributed by atoms with E-state index in [2.05, 4.69) is 45.3 Å². The molecule has 0 radical (unpaired) electrons. The highest BCUT2D eigenvalue weighted by atomic mass is 16.2. The van der Waals surface area contributed by atoms with Crippen LogP contribution < -0.4 is 10.6 Å². The van der Waals surface area contributed by atoms with Crippen molar-refractivity contribution >= 4 is 6.03 Å². The molecule has 3 heteroatoms. The second-order valence-electron chi connectivity index (χ2n) is 7.36. The van der Waals surface area contributed by atoms with Crippen LogP contribution in [0.1, 0.15) is 66.7 Å². The van der Waals surface area contributed by atoms with Gasteiger partial charge >= 0.3 is 6.03 Å². The SMILES string of the molecule is CCCCNC(=O)NC1CC(C)(C)CC(C)(C)C1. The van der Waals surface area contributed by atoms with Gasteiger partial charge in [-0.1, -0.05) is 41.0 Å². The second-order valence-corrected chi connectivity index (χ2v) is 7.36. The molecule has 0 bridgehead atoms. The first-order valence-corrected chi connectivity index (χ1v) is 7.28. The third-order valence-corrected chi connectivity index (χ3v) is 3.71. The zero-order valence-electron chi connectivity index (χ0n) is 12.7. The first-order valence-electron chi connectivity index (χ1n) is 7.28. The fraction of sp³-hybridized carbons (Fsp3) is 0.933. The van der Waals surface area contributed by atoms with E-state index in [1.807, 2.05) is 0 Å². The van der Waals surface area contributed by atoms with E-state index in [4.69, 9.17) is 0 Å². The topological polar surface area (TPSA) is 41.1 Å². The molecule has 0 saturated heterocycles. The van der Waals surface area contributed by atoms with Gasteiger partial charge in [0.05, 0.1) is 0 Å². The largest absolute Gasteiger partial charge is 0.338 e. The van der Waals surface area contributed by atoms with Crippen LogP contribution in [-0.2, 0) is 0 Å². The van der Waals surface area contributed by atoms with Gasteiger partial charge in [-0.15, -0.1) is 0 Å². The molecule has 18 heavy (non-hydrogen) atoms. The number of rotatable bonds is 4. The Morgan fingerprint density at radius 2 is 1.72 bits per heavy atom. The van der Waals surface area contributed by atoms with Gasteiger partial charge in [-0.05, 0) is 36.5 Å². The maximum atomic E-state index is 11.8. The van der Waals surface area contributed by atoms with Gasteiger partial charge in [0.15, 0.2) is 0 Å². The normalized spacial score (nSPS) is 22.5. The van der Waals surface area contributed by atoms with E-state index >= 15 is 0 Å². The maximum absolute atomic E-state index is 11.8. The van der Waals surface area contributed by atoms with Gasteiger partial charge in [0.25, 0.3) is 0 Å². The van der Waals surface area contributed by atoms with E-state index in [1.165, 1.54) is 6.42 Å². The molecule has 0 aromatic rings. The average molecular weight is 254 g/mol. The van der Waals surface area contributed by atoms with E-state index in [9.17, 15) is 4.79 Å². The molecule has 1 aliphatic rings. The minimum Gasteiger partial charge on any atom is -0.338 e. The third-order valence-electron chi connectivity index (χ3n) is 3.71. The molecular weight excluding hydrogens is 224 g/mol. The molecule has 1 saturated carbocycles. The standard InChI is InChI=1S/C15H30N2O/c1-6-7-8-16-13(18)17-12-9-14(2,3)11-15(4,5)10-12/h12H,6-11H2,1-5H3,(H2,16,17,18). The molecule has 106 valence electrons. The predicted molar refractivity (Wildman–Crippen MR) is 76.6 cm³/mol. The second kappa shape index (κ2) is 5.94. The Bertz CT molecular complexity index is 268. The lowest BCUT2D eigenvalue weighted by atomic mass is 9.63. The molecule has 2 amide bonds. The van der Waals surface area contributed by atoms with Gasteiger partial charge in [0, 0.05) is 12.6 Å². The minimum absolute atomic E-state index is 0.00181. The highest BCUT2D eigenvalue weighted by molar-refractivity contribution is 5.74. The Morgan fingerprint density at radius 3 is 2.22 bits per heavy atom. The molecule has 1 fully saturated rings. The molecule has 1 rings (SSSR count). The first kappa shape index (κ1) is 15.3. The fourth-order valence-electron chi connectivity index (χ4n) is 3.56. The lowest BCUT2D eigenvalue weighted by Crippen LogP contribution is -2.49. The number of nitrogens with one attached hydrogen (secondary N) is 2. The summed E-state index contributed by atoms with van der Waals surface area (Å²) < 4.78 is 0. The zero-order chi connectivity index (χ0) is 13.8. The van der Waals surface area contributed by atoms with E-state index in [-0.39, 0.29) is 6.03 Å². The summed E-state index contributed by atoms with van der Waals surface area (Å²) in [5.41, 5.74) is 0.645. The molecule has 3 nitrogen and oxygen atoms in total. The van der Waals surface area contributed by atoms with Gasteiger partial charge < -0.3 is 10.6 Å². The Kier molecular flexibility index (Phi) is 5.06. The molecule has 0 aromatic carbocycles. The van der Waals surface area contributed by atoms with Crippen molar-refractivity contribution in [2.75, 3.05) is 6.54 Å². The number of urea groups is 1. The average Bonchev–Trinajstić information content (AvgIpc) is 2.12. The van der Waals surface area contributed by atoms with Crippen molar-refractivity contribution in [3.8, 4) is 0 Å². The monoisotopic (exact) mass is 254 g/mol. The smallest absolute Gasteiger partial charge is 0.315 e. The number of amides is 2. The summed E-state index contributed by atoms with van der Waals surface area (Å²) in [4.78, 5) is 11.8. The van der Waals surface area contributed by atoms with Crippen molar-refractivity contribution in [3.63, 3.8) is 0 Å². The summed E-state index contributed by atoms with van der Waals surface area (Å²) >= 11 is 0. The van der Waals surface area contributed by atoms with Crippen LogP contribution in [0.15, 0.2) is 0 Å². The zero-order valence-corrected chi connectivity index (χ0v) is 12.7. The molecule has 0 atom stereocenters. The van der Waals surface area contributed by atoms with Crippen molar-refractivity contribution in [1.29, 1.82) is 0 Å². The van der Waals surface area contributed by atoms with Gasteiger partial charge in [0.2, 0.25) is 0 Å². The van der Waals surface area contributed by atoms with Crippen LogP contribution in [0.4, 0.5) is 4.79 Å². The van der Waals surface area contributed by atoms with Gasteiger partial charge in [-0.3, -0.25) is 0 Å². The molecular formula is C15H30N2O. The molecule has 2 N–H and O–H groups in total. The van der Waals surface area contributed by atoms with E-state index < -0.39 is 0 Å². The summed E-state index contributed by atoms with van der Waals surface area (Å²) in [6, 6.07) is 0.312. The minimum atomic E-state index is 0.00181. The van der Waals surface area contributed by atoms with Crippen LogP contribution >= 0.6 is 0 Å². The lowest BCUT2D eigenvalue weighted by Gasteiger charge is -2.45. The highest BCUT2D eigenvalue weighted by Crippen LogP contribution is 2.45. The Balaban J connectivity index is 2.44. The number of carbonyl (C=O) groups excluding carboxylic acids is 1. The molecule has 1 aliphatic carbocycles. The maximum Gasteiger partial charge on any atom is 0.315 e. The van der Waals surface area contributed by atoms with Crippen molar-refractivity contribution in [2.45, 2.75) is 72.8 Å². The third kappa shape index (κ3) is 5.28. The quantitative estimate of drug-likeness (QED) is 0.738. The van der Waals surface area contributed by atoms with Crippen LogP contribution in [0.25, 0.3) is 0 Å². The number of unbranched alkanes of at least 4 members (excludes halogenated alkanes) is 1. The molecule has 0 aliphatic heterocycles. The fourth-order valence-corrected chi connectivity index (χ4v) is 3.56. The summed E-state index contributed by atoms with van der Waals surface area (Å²) in [5.74, 6) is 0. The Labute approximate surface area is 112 Å². The number of hydrogen-bond donors (Lipinski definition) is 2. The number of hydrogen-bond acceptors (Lipinski definition) is 1. The predicted octanol–water partition coefficient (Wildman–Crippen LogP) is 3.69. The van der Waals surface area contributed by atoms with Crippen molar-refractivity contribution < 1.29 is 4.79 Å². The Hall–Kier alpha value is -0.730. The van der Waals surface area contributed by atoms with Crippen LogP contribution in [0.2, 0.25) is 0 Å². The summed E-state index contributed by atoms with van der Waals surface area (Å²) in [5, 5.41) is 6.07. The van der Waals surface area contributed by atoms with Crippen LogP contribution in [0, 0.1) is 10.8 Å². The van der Waals surface area contributed by atoms with Gasteiger partial charge in [-0.25, -0.2) is 4.79 Å². The van der Waals surface area contributed by atoms with Crippen molar-refractivity contribution in [1.82, 2.24) is 10.6 Å². The summed E-state index contributed by atoms with van der Waals surface area (Å²) in [6.45, 7) is 12.1. The molecule has 0 aromatic heterocycles. The van der Waals surface area contributed by atoms with Gasteiger partial charge in [-0.2, -0.15) is 0 Å².